The second-order valence-corrected chi connectivity index (χ2v) is 6.14. The number of hydrogen-bond acceptors (Lipinski definition) is 4. The third-order valence-corrected chi connectivity index (χ3v) is 4.32. The molecule has 0 amide bonds. The summed E-state index contributed by atoms with van der Waals surface area (Å²) in [6, 6.07) is 16.6. The molecule has 0 radical (unpaired) electrons. The molecule has 0 saturated carbocycles. The molecule has 1 saturated heterocycles. The highest BCUT2D eigenvalue weighted by atomic mass is 16.7. The fourth-order valence-electron chi connectivity index (χ4n) is 3.11. The molecule has 25 heavy (non-hydrogen) atoms. The van der Waals surface area contributed by atoms with Crippen molar-refractivity contribution >= 4 is 0 Å². The van der Waals surface area contributed by atoms with Crippen molar-refractivity contribution in [3.05, 3.63) is 65.2 Å². The Kier molecular flexibility index (Phi) is 6.86. The van der Waals surface area contributed by atoms with Gasteiger partial charge >= 0.3 is 0 Å². The van der Waals surface area contributed by atoms with Crippen LogP contribution in [0.1, 0.15) is 35.8 Å². The van der Waals surface area contributed by atoms with Crippen LogP contribution in [0.4, 0.5) is 0 Å². The lowest BCUT2D eigenvalue weighted by molar-refractivity contribution is -0.183. The van der Waals surface area contributed by atoms with Crippen molar-refractivity contribution in [3.63, 3.8) is 0 Å². The third-order valence-electron chi connectivity index (χ3n) is 4.32. The minimum absolute atomic E-state index is 0.238. The summed E-state index contributed by atoms with van der Waals surface area (Å²) in [7, 11) is 1.63. The monoisotopic (exact) mass is 342 g/mol. The maximum atomic E-state index is 5.82. The first-order valence-electron chi connectivity index (χ1n) is 8.89. The molecule has 134 valence electrons. The number of ether oxygens (including phenoxy) is 4. The van der Waals surface area contributed by atoms with Gasteiger partial charge in [-0.15, -0.1) is 0 Å². The van der Waals surface area contributed by atoms with Crippen molar-refractivity contribution in [1.29, 1.82) is 0 Å². The third kappa shape index (κ3) is 5.05. The molecule has 0 aliphatic carbocycles. The van der Waals surface area contributed by atoms with Crippen molar-refractivity contribution in [2.45, 2.75) is 32.0 Å². The minimum Gasteiger partial charge on any atom is -0.467 e. The van der Waals surface area contributed by atoms with E-state index in [4.69, 9.17) is 18.9 Å². The summed E-state index contributed by atoms with van der Waals surface area (Å²) >= 11 is 0. The molecule has 2 aromatic carbocycles. The van der Waals surface area contributed by atoms with Crippen LogP contribution < -0.4 is 4.74 Å². The van der Waals surface area contributed by atoms with Crippen LogP contribution in [-0.2, 0) is 27.1 Å². The zero-order valence-corrected chi connectivity index (χ0v) is 14.8. The van der Waals surface area contributed by atoms with E-state index in [0.29, 0.717) is 0 Å². The van der Waals surface area contributed by atoms with Gasteiger partial charge in [-0.1, -0.05) is 42.5 Å². The molecule has 0 bridgehead atoms. The second-order valence-electron chi connectivity index (χ2n) is 6.14. The largest absolute Gasteiger partial charge is 0.467 e. The molecule has 0 N–H and O–H groups in total. The van der Waals surface area contributed by atoms with Gasteiger partial charge in [0.25, 0.3) is 0 Å². The molecule has 0 aromatic heterocycles. The summed E-state index contributed by atoms with van der Waals surface area (Å²) in [5, 5.41) is 0. The zero-order chi connectivity index (χ0) is 17.3. The van der Waals surface area contributed by atoms with E-state index in [1.165, 1.54) is 5.56 Å². The Morgan fingerprint density at radius 2 is 1.76 bits per heavy atom. The Labute approximate surface area is 149 Å². The minimum atomic E-state index is -0.299. The summed E-state index contributed by atoms with van der Waals surface area (Å²) in [6.07, 6.45) is 3.63. The number of methoxy groups -OCH3 is 1. The standard InChI is InChI=1S/C21H26O4/c1-22-16-25-20-13-6-12-19(21-23-14-7-15-24-21)18(20)11-5-10-17-8-3-2-4-9-17/h2-4,6,8-9,12-13,21H,5,7,10-11,14-16H2,1H3. The first-order chi connectivity index (χ1) is 12.4. The molecular weight excluding hydrogens is 316 g/mol. The van der Waals surface area contributed by atoms with E-state index in [1.54, 1.807) is 7.11 Å². The zero-order valence-electron chi connectivity index (χ0n) is 14.8. The van der Waals surface area contributed by atoms with E-state index < -0.39 is 0 Å². The van der Waals surface area contributed by atoms with Crippen LogP contribution in [0, 0.1) is 0 Å². The van der Waals surface area contributed by atoms with Gasteiger partial charge in [-0.2, -0.15) is 0 Å². The Balaban J connectivity index is 1.75. The van der Waals surface area contributed by atoms with Crippen molar-refractivity contribution < 1.29 is 18.9 Å². The normalized spacial score (nSPS) is 15.2. The highest BCUT2D eigenvalue weighted by molar-refractivity contribution is 5.41. The van der Waals surface area contributed by atoms with Crippen LogP contribution in [-0.4, -0.2) is 27.1 Å². The van der Waals surface area contributed by atoms with Gasteiger partial charge in [-0.3, -0.25) is 0 Å². The van der Waals surface area contributed by atoms with Crippen molar-refractivity contribution in [2.24, 2.45) is 0 Å². The molecule has 0 atom stereocenters. The number of aryl methyl sites for hydroxylation is 1. The van der Waals surface area contributed by atoms with Crippen LogP contribution in [0.5, 0.6) is 5.75 Å². The molecule has 3 rings (SSSR count). The van der Waals surface area contributed by atoms with Crippen molar-refractivity contribution in [2.75, 3.05) is 27.1 Å². The van der Waals surface area contributed by atoms with E-state index in [2.05, 4.69) is 30.3 Å². The quantitative estimate of drug-likeness (QED) is 0.671. The average molecular weight is 342 g/mol. The van der Waals surface area contributed by atoms with E-state index in [1.807, 2.05) is 18.2 Å². The van der Waals surface area contributed by atoms with Crippen LogP contribution in [0.25, 0.3) is 0 Å². The maximum Gasteiger partial charge on any atom is 0.188 e. The number of rotatable bonds is 8. The SMILES string of the molecule is COCOc1cccc(C2OCCCO2)c1CCCc1ccccc1. The lowest BCUT2D eigenvalue weighted by atomic mass is 9.98. The van der Waals surface area contributed by atoms with Gasteiger partial charge in [0.1, 0.15) is 5.75 Å². The highest BCUT2D eigenvalue weighted by Crippen LogP contribution is 2.32. The van der Waals surface area contributed by atoms with Crippen LogP contribution in [0.2, 0.25) is 0 Å². The van der Waals surface area contributed by atoms with Gasteiger partial charge in [0.2, 0.25) is 0 Å². The predicted octanol–water partition coefficient (Wildman–Crippen LogP) is 4.28. The molecule has 1 aliphatic rings. The van der Waals surface area contributed by atoms with Gasteiger partial charge in [0.05, 0.1) is 13.2 Å². The second kappa shape index (κ2) is 9.56. The summed E-state index contributed by atoms with van der Waals surface area (Å²) in [5.74, 6) is 0.852. The summed E-state index contributed by atoms with van der Waals surface area (Å²) in [5.41, 5.74) is 3.58. The topological polar surface area (TPSA) is 36.9 Å². The van der Waals surface area contributed by atoms with Crippen molar-refractivity contribution in [3.8, 4) is 5.75 Å². The molecular formula is C21H26O4. The molecule has 1 fully saturated rings. The maximum absolute atomic E-state index is 5.82. The lowest BCUT2D eigenvalue weighted by Crippen LogP contribution is -2.19. The van der Waals surface area contributed by atoms with Gasteiger partial charge in [-0.25, -0.2) is 0 Å². The Bertz CT molecular complexity index is 636. The number of hydrogen-bond donors (Lipinski definition) is 0. The summed E-state index contributed by atoms with van der Waals surface area (Å²) in [4.78, 5) is 0. The smallest absolute Gasteiger partial charge is 0.188 e. The van der Waals surface area contributed by atoms with E-state index in [0.717, 1.165) is 55.8 Å². The molecule has 4 heteroatoms. The van der Waals surface area contributed by atoms with Crippen LogP contribution >= 0.6 is 0 Å². The molecule has 4 nitrogen and oxygen atoms in total. The Morgan fingerprint density at radius 1 is 0.960 bits per heavy atom. The number of benzene rings is 2. The van der Waals surface area contributed by atoms with Crippen LogP contribution in [0.15, 0.2) is 48.5 Å². The fourth-order valence-corrected chi connectivity index (χ4v) is 3.11. The predicted molar refractivity (Wildman–Crippen MR) is 96.7 cm³/mol. The van der Waals surface area contributed by atoms with Crippen molar-refractivity contribution in [1.82, 2.24) is 0 Å². The van der Waals surface area contributed by atoms with E-state index >= 15 is 0 Å². The van der Waals surface area contributed by atoms with Gasteiger partial charge in [0, 0.05) is 18.2 Å². The summed E-state index contributed by atoms with van der Waals surface area (Å²) < 4.78 is 22.5. The fraction of sp³-hybridized carbons (Fsp3) is 0.429. The van der Waals surface area contributed by atoms with Gasteiger partial charge in [0.15, 0.2) is 13.1 Å². The van der Waals surface area contributed by atoms with Gasteiger partial charge in [-0.05, 0) is 37.3 Å². The molecule has 1 aliphatic heterocycles. The Morgan fingerprint density at radius 3 is 2.52 bits per heavy atom. The van der Waals surface area contributed by atoms with E-state index in [9.17, 15) is 0 Å². The molecule has 2 aromatic rings. The first kappa shape index (κ1) is 17.9. The molecule has 0 spiro atoms. The van der Waals surface area contributed by atoms with Crippen LogP contribution in [0.3, 0.4) is 0 Å². The molecule has 0 unspecified atom stereocenters. The first-order valence-corrected chi connectivity index (χ1v) is 8.89. The average Bonchev–Trinajstić information content (AvgIpc) is 2.68. The summed E-state index contributed by atoms with van der Waals surface area (Å²) in [6.45, 7) is 1.70. The van der Waals surface area contributed by atoms with E-state index in [-0.39, 0.29) is 13.1 Å². The van der Waals surface area contributed by atoms with Gasteiger partial charge < -0.3 is 18.9 Å². The lowest BCUT2D eigenvalue weighted by Gasteiger charge is -2.26. The highest BCUT2D eigenvalue weighted by Gasteiger charge is 2.22. The Hall–Kier alpha value is -1.88. The molecule has 1 heterocycles.